The van der Waals surface area contributed by atoms with Gasteiger partial charge in [0.25, 0.3) is 5.91 Å². The first kappa shape index (κ1) is 15.5. The lowest BCUT2D eigenvalue weighted by atomic mass is 10.1. The largest absolute Gasteiger partial charge is 0.482 e. The van der Waals surface area contributed by atoms with E-state index < -0.39 is 12.6 Å². The van der Waals surface area contributed by atoms with Gasteiger partial charge < -0.3 is 15.2 Å². The number of H-pyrrole nitrogens is 1. The SMILES string of the molecule is O=C(O)COc1cccc(CNC(=O)c2ccc3[nH]ncc3c2)c1. The van der Waals surface area contributed by atoms with Crippen LogP contribution in [-0.4, -0.2) is 33.8 Å². The van der Waals surface area contributed by atoms with E-state index in [-0.39, 0.29) is 5.91 Å². The van der Waals surface area contributed by atoms with Gasteiger partial charge in [-0.3, -0.25) is 9.89 Å². The molecule has 0 unspecified atom stereocenters. The number of aromatic nitrogens is 2. The van der Waals surface area contributed by atoms with Gasteiger partial charge in [-0.25, -0.2) is 4.79 Å². The van der Waals surface area contributed by atoms with Crippen molar-refractivity contribution >= 4 is 22.8 Å². The number of aromatic amines is 1. The lowest BCUT2D eigenvalue weighted by molar-refractivity contribution is -0.139. The van der Waals surface area contributed by atoms with E-state index in [1.807, 2.05) is 6.07 Å². The van der Waals surface area contributed by atoms with Gasteiger partial charge in [0.1, 0.15) is 5.75 Å². The Hall–Kier alpha value is -3.35. The Bertz CT molecular complexity index is 888. The maximum absolute atomic E-state index is 12.2. The van der Waals surface area contributed by atoms with Gasteiger partial charge in [0.2, 0.25) is 0 Å². The molecule has 0 atom stereocenters. The molecule has 3 N–H and O–H groups in total. The molecule has 0 saturated carbocycles. The Balaban J connectivity index is 1.63. The molecule has 1 heterocycles. The molecule has 0 fully saturated rings. The first-order chi connectivity index (χ1) is 11.6. The van der Waals surface area contributed by atoms with E-state index in [9.17, 15) is 9.59 Å². The summed E-state index contributed by atoms with van der Waals surface area (Å²) in [7, 11) is 0. The summed E-state index contributed by atoms with van der Waals surface area (Å²) in [6.07, 6.45) is 1.66. The molecular formula is C17H15N3O4. The lowest BCUT2D eigenvalue weighted by Crippen LogP contribution is -2.22. The van der Waals surface area contributed by atoms with E-state index in [1.165, 1.54) is 0 Å². The van der Waals surface area contributed by atoms with Crippen molar-refractivity contribution in [1.82, 2.24) is 15.5 Å². The van der Waals surface area contributed by atoms with Crippen LogP contribution in [0.3, 0.4) is 0 Å². The zero-order valence-corrected chi connectivity index (χ0v) is 12.7. The van der Waals surface area contributed by atoms with Gasteiger partial charge in [0, 0.05) is 17.5 Å². The van der Waals surface area contributed by atoms with E-state index in [0.29, 0.717) is 17.9 Å². The second-order valence-electron chi connectivity index (χ2n) is 5.18. The smallest absolute Gasteiger partial charge is 0.341 e. The van der Waals surface area contributed by atoms with Crippen molar-refractivity contribution in [2.24, 2.45) is 0 Å². The number of hydrogen-bond donors (Lipinski definition) is 3. The number of aliphatic carboxylic acids is 1. The summed E-state index contributed by atoms with van der Waals surface area (Å²) in [5.41, 5.74) is 2.23. The maximum Gasteiger partial charge on any atom is 0.341 e. The van der Waals surface area contributed by atoms with Crippen molar-refractivity contribution in [3.63, 3.8) is 0 Å². The van der Waals surface area contributed by atoms with E-state index in [1.54, 1.807) is 42.6 Å². The van der Waals surface area contributed by atoms with Crippen LogP contribution in [0.2, 0.25) is 0 Å². The van der Waals surface area contributed by atoms with Crippen LogP contribution in [0.15, 0.2) is 48.7 Å². The Morgan fingerprint density at radius 1 is 1.21 bits per heavy atom. The van der Waals surface area contributed by atoms with Crippen LogP contribution in [0.1, 0.15) is 15.9 Å². The molecule has 24 heavy (non-hydrogen) atoms. The highest BCUT2D eigenvalue weighted by molar-refractivity contribution is 5.97. The zero-order valence-electron chi connectivity index (χ0n) is 12.7. The Kier molecular flexibility index (Phi) is 4.42. The molecule has 0 aliphatic heterocycles. The van der Waals surface area contributed by atoms with Crippen molar-refractivity contribution in [2.45, 2.75) is 6.54 Å². The third-order valence-electron chi connectivity index (χ3n) is 3.42. The fourth-order valence-corrected chi connectivity index (χ4v) is 2.26. The Morgan fingerprint density at radius 3 is 2.92 bits per heavy atom. The van der Waals surface area contributed by atoms with E-state index >= 15 is 0 Å². The monoisotopic (exact) mass is 325 g/mol. The predicted molar refractivity (Wildman–Crippen MR) is 86.8 cm³/mol. The third kappa shape index (κ3) is 3.70. The van der Waals surface area contributed by atoms with Crippen LogP contribution in [0, 0.1) is 0 Å². The topological polar surface area (TPSA) is 104 Å². The molecule has 0 radical (unpaired) electrons. The van der Waals surface area contributed by atoms with Crippen LogP contribution in [0.4, 0.5) is 0 Å². The number of carbonyl (C=O) groups is 2. The lowest BCUT2D eigenvalue weighted by Gasteiger charge is -2.08. The number of nitrogens with zero attached hydrogens (tertiary/aromatic N) is 1. The quantitative estimate of drug-likeness (QED) is 0.642. The molecule has 0 aliphatic carbocycles. The van der Waals surface area contributed by atoms with Crippen molar-refractivity contribution in [2.75, 3.05) is 6.61 Å². The summed E-state index contributed by atoms with van der Waals surface area (Å²) in [5.74, 6) is -0.790. The first-order valence-electron chi connectivity index (χ1n) is 7.27. The van der Waals surface area contributed by atoms with Crippen molar-refractivity contribution in [1.29, 1.82) is 0 Å². The zero-order chi connectivity index (χ0) is 16.9. The highest BCUT2D eigenvalue weighted by Gasteiger charge is 2.07. The second-order valence-corrected chi connectivity index (χ2v) is 5.18. The summed E-state index contributed by atoms with van der Waals surface area (Å²) in [5, 5.41) is 19.1. The summed E-state index contributed by atoms with van der Waals surface area (Å²) >= 11 is 0. The number of hydrogen-bond acceptors (Lipinski definition) is 4. The van der Waals surface area contributed by atoms with Crippen LogP contribution < -0.4 is 10.1 Å². The van der Waals surface area contributed by atoms with Crippen LogP contribution in [0.25, 0.3) is 10.9 Å². The van der Waals surface area contributed by atoms with Gasteiger partial charge in [-0.05, 0) is 35.9 Å². The number of ether oxygens (including phenoxy) is 1. The summed E-state index contributed by atoms with van der Waals surface area (Å²) in [6, 6.07) is 12.2. The third-order valence-corrected chi connectivity index (χ3v) is 3.42. The summed E-state index contributed by atoms with van der Waals surface area (Å²) in [4.78, 5) is 22.7. The highest BCUT2D eigenvalue weighted by Crippen LogP contribution is 2.15. The Labute approximate surface area is 137 Å². The fraction of sp³-hybridized carbons (Fsp3) is 0.118. The highest BCUT2D eigenvalue weighted by atomic mass is 16.5. The molecule has 7 nitrogen and oxygen atoms in total. The first-order valence-corrected chi connectivity index (χ1v) is 7.27. The molecule has 0 aliphatic rings. The molecule has 2 aromatic carbocycles. The Morgan fingerprint density at radius 2 is 2.08 bits per heavy atom. The van der Waals surface area contributed by atoms with Crippen LogP contribution >= 0.6 is 0 Å². The minimum absolute atomic E-state index is 0.199. The van der Waals surface area contributed by atoms with Gasteiger partial charge in [-0.2, -0.15) is 5.10 Å². The molecule has 0 bridgehead atoms. The predicted octanol–water partition coefficient (Wildman–Crippen LogP) is 1.96. The van der Waals surface area contributed by atoms with Gasteiger partial charge in [0.05, 0.1) is 11.7 Å². The second kappa shape index (κ2) is 6.82. The molecule has 1 aromatic heterocycles. The molecule has 3 rings (SSSR count). The van der Waals surface area contributed by atoms with Crippen molar-refractivity contribution in [3.8, 4) is 5.75 Å². The maximum atomic E-state index is 12.2. The molecule has 1 amide bonds. The standard InChI is InChI=1S/C17H15N3O4/c21-16(22)10-24-14-3-1-2-11(6-14)8-18-17(23)12-4-5-15-13(7-12)9-19-20-15/h1-7,9H,8,10H2,(H,18,23)(H,19,20)(H,21,22). The number of fused-ring (bicyclic) bond motifs is 1. The van der Waals surface area contributed by atoms with E-state index in [0.717, 1.165) is 16.5 Å². The molecule has 0 spiro atoms. The minimum Gasteiger partial charge on any atom is -0.482 e. The number of amides is 1. The van der Waals surface area contributed by atoms with Crippen LogP contribution in [-0.2, 0) is 11.3 Å². The number of carbonyl (C=O) groups excluding carboxylic acids is 1. The van der Waals surface area contributed by atoms with Gasteiger partial charge in [0.15, 0.2) is 6.61 Å². The van der Waals surface area contributed by atoms with Crippen LogP contribution in [0.5, 0.6) is 5.75 Å². The van der Waals surface area contributed by atoms with E-state index in [2.05, 4.69) is 15.5 Å². The minimum atomic E-state index is -1.04. The van der Waals surface area contributed by atoms with Gasteiger partial charge >= 0.3 is 5.97 Å². The normalized spacial score (nSPS) is 10.5. The average molecular weight is 325 g/mol. The molecular weight excluding hydrogens is 310 g/mol. The summed E-state index contributed by atoms with van der Waals surface area (Å²) < 4.78 is 5.12. The fourth-order valence-electron chi connectivity index (χ4n) is 2.26. The number of nitrogens with one attached hydrogen (secondary N) is 2. The average Bonchev–Trinajstić information content (AvgIpc) is 3.06. The molecule has 122 valence electrons. The molecule has 0 saturated heterocycles. The van der Waals surface area contributed by atoms with E-state index in [4.69, 9.17) is 9.84 Å². The van der Waals surface area contributed by atoms with Crippen molar-refractivity contribution in [3.05, 3.63) is 59.8 Å². The molecule has 7 heteroatoms. The van der Waals surface area contributed by atoms with Gasteiger partial charge in [-0.1, -0.05) is 12.1 Å². The number of rotatable bonds is 6. The summed E-state index contributed by atoms with van der Waals surface area (Å²) in [6.45, 7) is -0.0902. The van der Waals surface area contributed by atoms with Gasteiger partial charge in [-0.15, -0.1) is 0 Å². The van der Waals surface area contributed by atoms with Crippen molar-refractivity contribution < 1.29 is 19.4 Å². The number of carboxylic acids is 1. The number of benzene rings is 2. The number of carboxylic acid groups (broad SMARTS) is 1. The molecule has 3 aromatic rings.